The number of hydrogen-bond acceptors (Lipinski definition) is 3. The fraction of sp³-hybridized carbons (Fsp3) is 0.455. The summed E-state index contributed by atoms with van der Waals surface area (Å²) in [6.45, 7) is 6.64. The number of alkyl halides is 1. The molecule has 0 aliphatic rings. The standard InChI is InChI=1S/C22H27Cl3N4O/c1-4-6-16(7-5-2)27-19-12-14(3)26-21-20(17-9-8-15(24)13-18(17)25)22(30)28(11-10-23)29(19)21/h8-9,12-13,16,27H,4-7,10-11H2,1-3H3. The first kappa shape index (κ1) is 23.0. The zero-order chi connectivity index (χ0) is 21.8. The maximum absolute atomic E-state index is 13.4. The third-order valence-electron chi connectivity index (χ3n) is 5.09. The van der Waals surface area contributed by atoms with Gasteiger partial charge in [0.15, 0.2) is 5.65 Å². The van der Waals surface area contributed by atoms with Crippen LogP contribution in [0.3, 0.4) is 0 Å². The molecule has 0 aliphatic heterocycles. The minimum atomic E-state index is -0.177. The van der Waals surface area contributed by atoms with Crippen molar-refractivity contribution in [3.63, 3.8) is 0 Å². The molecule has 0 saturated heterocycles. The third-order valence-corrected chi connectivity index (χ3v) is 5.81. The van der Waals surface area contributed by atoms with Gasteiger partial charge in [-0.3, -0.25) is 4.79 Å². The minimum absolute atomic E-state index is 0.177. The number of hydrogen-bond donors (Lipinski definition) is 1. The largest absolute Gasteiger partial charge is 0.367 e. The highest BCUT2D eigenvalue weighted by Crippen LogP contribution is 2.32. The van der Waals surface area contributed by atoms with Crippen molar-refractivity contribution in [3.05, 3.63) is 50.4 Å². The number of halogens is 3. The first-order chi connectivity index (χ1) is 14.4. The summed E-state index contributed by atoms with van der Waals surface area (Å²) < 4.78 is 3.47. The Morgan fingerprint density at radius 2 is 1.83 bits per heavy atom. The fourth-order valence-corrected chi connectivity index (χ4v) is 4.51. The van der Waals surface area contributed by atoms with Crippen LogP contribution in [0.5, 0.6) is 0 Å². The van der Waals surface area contributed by atoms with Gasteiger partial charge in [-0.1, -0.05) is 56.0 Å². The van der Waals surface area contributed by atoms with Gasteiger partial charge in [0.25, 0.3) is 5.56 Å². The van der Waals surface area contributed by atoms with Crippen molar-refractivity contribution in [1.29, 1.82) is 0 Å². The van der Waals surface area contributed by atoms with Gasteiger partial charge in [-0.2, -0.15) is 0 Å². The second-order valence-electron chi connectivity index (χ2n) is 7.45. The summed E-state index contributed by atoms with van der Waals surface area (Å²) >= 11 is 18.6. The lowest BCUT2D eigenvalue weighted by molar-refractivity contribution is 0.563. The number of rotatable bonds is 9. The smallest absolute Gasteiger partial charge is 0.277 e. The SMILES string of the molecule is CCCC(CCC)Nc1cc(C)nc2c(-c3ccc(Cl)cc3Cl)c(=O)n(CCCl)n12. The van der Waals surface area contributed by atoms with E-state index in [0.29, 0.717) is 45.3 Å². The molecule has 0 radical (unpaired) electrons. The molecule has 2 heterocycles. The fourth-order valence-electron chi connectivity index (χ4n) is 3.85. The molecule has 0 spiro atoms. The predicted octanol–water partition coefficient (Wildman–Crippen LogP) is 6.40. The number of aromatic nitrogens is 3. The molecule has 1 aromatic carbocycles. The summed E-state index contributed by atoms with van der Waals surface area (Å²) in [5.74, 6) is 1.14. The zero-order valence-electron chi connectivity index (χ0n) is 17.5. The van der Waals surface area contributed by atoms with E-state index in [2.05, 4.69) is 19.2 Å². The third kappa shape index (κ3) is 4.63. The van der Waals surface area contributed by atoms with Crippen molar-refractivity contribution in [2.24, 2.45) is 0 Å². The molecule has 0 amide bonds. The van der Waals surface area contributed by atoms with Crippen LogP contribution < -0.4 is 10.9 Å². The van der Waals surface area contributed by atoms with Crippen LogP contribution in [0, 0.1) is 6.92 Å². The van der Waals surface area contributed by atoms with Crippen molar-refractivity contribution < 1.29 is 0 Å². The van der Waals surface area contributed by atoms with Crippen molar-refractivity contribution in [1.82, 2.24) is 14.2 Å². The van der Waals surface area contributed by atoms with Crippen LogP contribution in [0.1, 0.15) is 45.2 Å². The Morgan fingerprint density at radius 3 is 2.43 bits per heavy atom. The first-order valence-corrected chi connectivity index (χ1v) is 11.6. The molecule has 0 bridgehead atoms. The van der Waals surface area contributed by atoms with Crippen molar-refractivity contribution in [2.45, 2.75) is 59.0 Å². The Balaban J connectivity index is 2.28. The molecule has 3 aromatic rings. The Morgan fingerprint density at radius 1 is 1.13 bits per heavy atom. The monoisotopic (exact) mass is 468 g/mol. The van der Waals surface area contributed by atoms with E-state index in [1.54, 1.807) is 22.9 Å². The van der Waals surface area contributed by atoms with Crippen LogP contribution in [-0.4, -0.2) is 26.1 Å². The van der Waals surface area contributed by atoms with Gasteiger partial charge >= 0.3 is 0 Å². The minimum Gasteiger partial charge on any atom is -0.367 e. The van der Waals surface area contributed by atoms with E-state index in [-0.39, 0.29) is 5.56 Å². The Hall–Kier alpha value is -1.69. The lowest BCUT2D eigenvalue weighted by Crippen LogP contribution is -2.26. The van der Waals surface area contributed by atoms with E-state index in [1.807, 2.05) is 17.5 Å². The Labute approximate surface area is 191 Å². The Kier molecular flexibility index (Phi) is 7.72. The maximum atomic E-state index is 13.4. The van der Waals surface area contributed by atoms with Gasteiger partial charge in [-0.25, -0.2) is 14.2 Å². The zero-order valence-corrected chi connectivity index (χ0v) is 19.8. The summed E-state index contributed by atoms with van der Waals surface area (Å²) in [4.78, 5) is 18.1. The molecule has 0 aliphatic carbocycles. The van der Waals surface area contributed by atoms with Gasteiger partial charge < -0.3 is 5.32 Å². The lowest BCUT2D eigenvalue weighted by atomic mass is 10.1. The molecule has 0 fully saturated rings. The van der Waals surface area contributed by atoms with Crippen molar-refractivity contribution >= 4 is 46.3 Å². The first-order valence-electron chi connectivity index (χ1n) is 10.3. The van der Waals surface area contributed by atoms with E-state index < -0.39 is 0 Å². The Bertz CT molecular complexity index is 1080. The lowest BCUT2D eigenvalue weighted by Gasteiger charge is -2.21. The quantitative estimate of drug-likeness (QED) is 0.369. The van der Waals surface area contributed by atoms with Gasteiger partial charge in [0.05, 0.1) is 17.1 Å². The van der Waals surface area contributed by atoms with Crippen LogP contribution in [0.15, 0.2) is 29.1 Å². The topological polar surface area (TPSA) is 51.3 Å². The van der Waals surface area contributed by atoms with Crippen LogP contribution in [0.4, 0.5) is 5.82 Å². The van der Waals surface area contributed by atoms with Gasteiger partial charge in [0.1, 0.15) is 5.82 Å². The number of aryl methyl sites for hydroxylation is 2. The predicted molar refractivity (Wildman–Crippen MR) is 128 cm³/mol. The average Bonchev–Trinajstić information content (AvgIpc) is 2.94. The second kappa shape index (κ2) is 10.1. The summed E-state index contributed by atoms with van der Waals surface area (Å²) in [6, 6.07) is 7.42. The molecule has 2 aromatic heterocycles. The van der Waals surface area contributed by atoms with E-state index in [0.717, 1.165) is 37.2 Å². The van der Waals surface area contributed by atoms with Gasteiger partial charge in [0.2, 0.25) is 0 Å². The van der Waals surface area contributed by atoms with Crippen molar-refractivity contribution in [3.8, 4) is 11.1 Å². The normalized spacial score (nSPS) is 11.6. The summed E-state index contributed by atoms with van der Waals surface area (Å²) in [5.41, 5.74) is 2.27. The van der Waals surface area contributed by atoms with E-state index in [9.17, 15) is 4.79 Å². The number of fused-ring (bicyclic) bond motifs is 1. The number of anilines is 1. The van der Waals surface area contributed by atoms with E-state index in [4.69, 9.17) is 39.8 Å². The summed E-state index contributed by atoms with van der Waals surface area (Å²) in [5, 5.41) is 4.58. The molecule has 8 heteroatoms. The highest BCUT2D eigenvalue weighted by molar-refractivity contribution is 6.36. The molecular formula is C22H27Cl3N4O. The van der Waals surface area contributed by atoms with Gasteiger partial charge in [-0.15, -0.1) is 11.6 Å². The molecular weight excluding hydrogens is 443 g/mol. The molecule has 30 heavy (non-hydrogen) atoms. The second-order valence-corrected chi connectivity index (χ2v) is 8.67. The van der Waals surface area contributed by atoms with Crippen LogP contribution in [0.2, 0.25) is 10.0 Å². The van der Waals surface area contributed by atoms with Crippen LogP contribution in [-0.2, 0) is 6.54 Å². The number of nitrogens with zero attached hydrogens (tertiary/aromatic N) is 3. The molecule has 0 unspecified atom stereocenters. The highest BCUT2D eigenvalue weighted by atomic mass is 35.5. The molecule has 162 valence electrons. The molecule has 0 atom stereocenters. The summed E-state index contributed by atoms with van der Waals surface area (Å²) in [6.07, 6.45) is 4.26. The molecule has 5 nitrogen and oxygen atoms in total. The highest BCUT2D eigenvalue weighted by Gasteiger charge is 2.23. The number of nitrogens with one attached hydrogen (secondary N) is 1. The molecule has 3 rings (SSSR count). The number of benzene rings is 1. The van der Waals surface area contributed by atoms with Crippen molar-refractivity contribution in [2.75, 3.05) is 11.2 Å². The average molecular weight is 470 g/mol. The summed E-state index contributed by atoms with van der Waals surface area (Å²) in [7, 11) is 0. The maximum Gasteiger partial charge on any atom is 0.277 e. The van der Waals surface area contributed by atoms with E-state index >= 15 is 0 Å². The van der Waals surface area contributed by atoms with Gasteiger partial charge in [0, 0.05) is 34.3 Å². The molecule has 1 N–H and O–H groups in total. The van der Waals surface area contributed by atoms with Crippen LogP contribution >= 0.6 is 34.8 Å². The van der Waals surface area contributed by atoms with Gasteiger partial charge in [-0.05, 0) is 31.9 Å². The van der Waals surface area contributed by atoms with E-state index in [1.165, 1.54) is 0 Å². The van der Waals surface area contributed by atoms with Crippen LogP contribution in [0.25, 0.3) is 16.8 Å². The molecule has 0 saturated carbocycles.